The van der Waals surface area contributed by atoms with Crippen LogP contribution in [0, 0.1) is 17.8 Å². The standard InChI is InChI=1S/C44H59F2N5O10S/c1-8-26-20-25(2)12-9-10-13-27-23-44(27,39(54)49-62(57,58)42(5)17-18-42)48-35(52)33-22-29(24-50(33)38(53)34(26)51(40(55)56)41(3,4)43(6,45)46)61-37-31-16-15-28(59-7)21-32(31)30-14-11-19-60-36(30)47-37/h10,13,15-16,21,25-27,29,33-34H,8-9,11-12,14,17-20,22-24H2,1-7H3,(H,48,52)(H,49,54)(H,55,56)/b13-10-/t25-,26+,27+,29+,33-,34-,44+/m0/s1. The highest BCUT2D eigenvalue weighted by atomic mass is 32.2. The van der Waals surface area contributed by atoms with Gasteiger partial charge in [-0.25, -0.2) is 22.0 Å². The highest BCUT2D eigenvalue weighted by Gasteiger charge is 2.63. The van der Waals surface area contributed by atoms with Crippen LogP contribution in [0.25, 0.3) is 10.8 Å². The number of amides is 4. The number of halogens is 2. The van der Waals surface area contributed by atoms with Crippen LogP contribution in [0.2, 0.25) is 0 Å². The van der Waals surface area contributed by atoms with Gasteiger partial charge in [0.15, 0.2) is 0 Å². The molecule has 18 heteroatoms. The summed E-state index contributed by atoms with van der Waals surface area (Å²) < 4.78 is 76.9. The molecule has 3 aliphatic heterocycles. The summed E-state index contributed by atoms with van der Waals surface area (Å²) in [6.07, 6.45) is 4.79. The molecule has 0 unspecified atom stereocenters. The Balaban J connectivity index is 1.32. The zero-order valence-corrected chi connectivity index (χ0v) is 37.3. The summed E-state index contributed by atoms with van der Waals surface area (Å²) in [5.74, 6) is -6.48. The minimum Gasteiger partial charge on any atom is -0.497 e. The summed E-state index contributed by atoms with van der Waals surface area (Å²) in [5, 5.41) is 15.0. The zero-order valence-electron chi connectivity index (χ0n) is 36.5. The van der Waals surface area contributed by atoms with Gasteiger partial charge in [-0.05, 0) is 108 Å². The predicted octanol–water partition coefficient (Wildman–Crippen LogP) is 5.97. The van der Waals surface area contributed by atoms with Crippen LogP contribution in [-0.2, 0) is 30.8 Å². The number of benzene rings is 1. The molecule has 1 aromatic heterocycles. The van der Waals surface area contributed by atoms with Crippen LogP contribution in [0.5, 0.6) is 17.5 Å². The lowest BCUT2D eigenvalue weighted by Gasteiger charge is -2.47. The van der Waals surface area contributed by atoms with Gasteiger partial charge in [0.2, 0.25) is 33.6 Å². The molecule has 15 nitrogen and oxygen atoms in total. The highest BCUT2D eigenvalue weighted by molar-refractivity contribution is 7.91. The Bertz CT molecular complexity index is 2260. The third-order valence-corrected chi connectivity index (χ3v) is 16.2. The van der Waals surface area contributed by atoms with Crippen molar-refractivity contribution in [2.45, 2.75) is 146 Å². The number of nitrogens with one attached hydrogen (secondary N) is 2. The Morgan fingerprint density at radius 2 is 1.89 bits per heavy atom. The van der Waals surface area contributed by atoms with Crippen molar-refractivity contribution in [3.8, 4) is 17.5 Å². The smallest absolute Gasteiger partial charge is 0.408 e. The van der Waals surface area contributed by atoms with Crippen LogP contribution in [-0.4, -0.2) is 112 Å². The molecule has 1 saturated heterocycles. The van der Waals surface area contributed by atoms with E-state index in [0.717, 1.165) is 31.2 Å². The molecule has 5 aliphatic rings. The van der Waals surface area contributed by atoms with E-state index in [1.807, 2.05) is 19.1 Å². The molecule has 7 atom stereocenters. The second kappa shape index (κ2) is 16.4. The fourth-order valence-corrected chi connectivity index (χ4v) is 10.6. The van der Waals surface area contributed by atoms with Gasteiger partial charge in [-0.15, -0.1) is 0 Å². The summed E-state index contributed by atoms with van der Waals surface area (Å²) in [6.45, 7) is 8.20. The Labute approximate surface area is 361 Å². The summed E-state index contributed by atoms with van der Waals surface area (Å²) in [6, 6.07) is 2.33. The number of hydrogen-bond donors (Lipinski definition) is 3. The number of methoxy groups -OCH3 is 1. The van der Waals surface area contributed by atoms with Gasteiger partial charge in [0, 0.05) is 30.2 Å². The van der Waals surface area contributed by atoms with Gasteiger partial charge < -0.3 is 29.5 Å². The van der Waals surface area contributed by atoms with Crippen molar-refractivity contribution in [1.82, 2.24) is 24.8 Å². The Morgan fingerprint density at radius 3 is 2.53 bits per heavy atom. The SMILES string of the molecule is CC[C@@H]1C[C@@H](C)CC/C=C\[C@@H]2C[C@@]2(C(=O)NS(=O)(=O)C2(C)CC2)NC(=O)[C@@H]2C[C@@H](Oc3nc4c(c5cc(OC)ccc35)CCCO4)CN2C(=O)[C@H]1N(C(=O)O)C(C)(C)C(C)(F)F. The predicted molar refractivity (Wildman–Crippen MR) is 225 cm³/mol. The van der Waals surface area contributed by atoms with E-state index in [4.69, 9.17) is 19.2 Å². The summed E-state index contributed by atoms with van der Waals surface area (Å²) >= 11 is 0. The number of nitrogens with zero attached hydrogens (tertiary/aromatic N) is 3. The Hall–Kier alpha value is -4.74. The van der Waals surface area contributed by atoms with Crippen LogP contribution in [0.1, 0.15) is 105 Å². The van der Waals surface area contributed by atoms with Crippen molar-refractivity contribution < 1.29 is 55.7 Å². The Kier molecular flexibility index (Phi) is 12.0. The molecular weight excluding hydrogens is 829 g/mol. The molecule has 4 amide bonds. The van der Waals surface area contributed by atoms with E-state index in [1.54, 1.807) is 39.2 Å². The number of carboxylic acid groups (broad SMARTS) is 1. The first kappa shape index (κ1) is 45.3. The normalized spacial score (nSPS) is 29.3. The molecule has 2 saturated carbocycles. The number of carbonyl (C=O) groups excluding carboxylic acids is 3. The lowest BCUT2D eigenvalue weighted by molar-refractivity contribution is -0.157. The largest absolute Gasteiger partial charge is 0.497 e. The summed E-state index contributed by atoms with van der Waals surface area (Å²) in [7, 11) is -2.55. The number of allylic oxidation sites excluding steroid dienone is 1. The van der Waals surface area contributed by atoms with Crippen LogP contribution >= 0.6 is 0 Å². The van der Waals surface area contributed by atoms with Crippen molar-refractivity contribution in [1.29, 1.82) is 0 Å². The summed E-state index contributed by atoms with van der Waals surface area (Å²) in [5.41, 5.74) is -3.19. The lowest BCUT2D eigenvalue weighted by atomic mass is 9.81. The number of sulfonamides is 1. The van der Waals surface area contributed by atoms with Gasteiger partial charge >= 0.3 is 6.09 Å². The first-order valence-electron chi connectivity index (χ1n) is 21.6. The number of pyridine rings is 1. The third-order valence-electron chi connectivity index (χ3n) is 14.1. The molecule has 3 N–H and O–H groups in total. The zero-order chi connectivity index (χ0) is 45.2. The number of ether oxygens (including phenoxy) is 3. The molecule has 340 valence electrons. The molecule has 1 aromatic carbocycles. The van der Waals surface area contributed by atoms with Gasteiger partial charge in [-0.2, -0.15) is 4.98 Å². The maximum absolute atomic E-state index is 15.6. The van der Waals surface area contributed by atoms with Crippen molar-refractivity contribution >= 4 is 44.6 Å². The average Bonchev–Trinajstić information content (AvgIpc) is 4.09. The van der Waals surface area contributed by atoms with E-state index in [9.17, 15) is 27.9 Å². The molecule has 0 radical (unpaired) electrons. The number of fused-ring (bicyclic) bond motifs is 5. The number of alkyl halides is 2. The fraction of sp³-hybridized carbons (Fsp3) is 0.659. The lowest BCUT2D eigenvalue weighted by Crippen LogP contribution is -2.67. The number of carbonyl (C=O) groups is 4. The topological polar surface area (TPSA) is 194 Å². The van der Waals surface area contributed by atoms with Crippen molar-refractivity contribution in [2.75, 3.05) is 20.3 Å². The van der Waals surface area contributed by atoms with Crippen molar-refractivity contribution in [3.63, 3.8) is 0 Å². The molecular formula is C44H59F2N5O10S. The van der Waals surface area contributed by atoms with Crippen molar-refractivity contribution in [2.24, 2.45) is 17.8 Å². The van der Waals surface area contributed by atoms with E-state index in [-0.39, 0.29) is 37.6 Å². The van der Waals surface area contributed by atoms with Crippen molar-refractivity contribution in [3.05, 3.63) is 35.9 Å². The number of aromatic nitrogens is 1. The maximum atomic E-state index is 15.6. The van der Waals surface area contributed by atoms with Crippen LogP contribution in [0.15, 0.2) is 30.4 Å². The molecule has 62 heavy (non-hydrogen) atoms. The molecule has 7 rings (SSSR count). The van der Waals surface area contributed by atoms with E-state index in [0.29, 0.717) is 74.0 Å². The molecule has 0 bridgehead atoms. The van der Waals surface area contributed by atoms with Gasteiger partial charge in [0.1, 0.15) is 35.0 Å². The maximum Gasteiger partial charge on any atom is 0.408 e. The van der Waals surface area contributed by atoms with Gasteiger partial charge in [0.25, 0.3) is 11.8 Å². The van der Waals surface area contributed by atoms with E-state index in [2.05, 4.69) is 10.0 Å². The quantitative estimate of drug-likeness (QED) is 0.238. The summed E-state index contributed by atoms with van der Waals surface area (Å²) in [4.78, 5) is 64.1. The first-order valence-corrected chi connectivity index (χ1v) is 23.1. The fourth-order valence-electron chi connectivity index (χ4n) is 9.29. The monoisotopic (exact) mass is 887 g/mol. The molecule has 2 aromatic rings. The average molecular weight is 888 g/mol. The van der Waals surface area contributed by atoms with E-state index < -0.39 is 85.6 Å². The molecule has 4 heterocycles. The second-order valence-corrected chi connectivity index (χ2v) is 21.0. The van der Waals surface area contributed by atoms with Crippen LogP contribution < -0.4 is 24.2 Å². The van der Waals surface area contributed by atoms with E-state index >= 15 is 13.6 Å². The molecule has 2 aliphatic carbocycles. The minimum atomic E-state index is -4.10. The highest BCUT2D eigenvalue weighted by Crippen LogP contribution is 2.48. The number of aryl methyl sites for hydroxylation is 1. The minimum absolute atomic E-state index is 0.0883. The van der Waals surface area contributed by atoms with E-state index in [1.165, 1.54) is 4.90 Å². The van der Waals surface area contributed by atoms with Gasteiger partial charge in [0.05, 0.1) is 25.0 Å². The Morgan fingerprint density at radius 1 is 1.16 bits per heavy atom. The second-order valence-electron chi connectivity index (χ2n) is 18.8. The number of hydrogen-bond acceptors (Lipinski definition) is 10. The first-order chi connectivity index (χ1) is 29.1. The molecule has 3 fully saturated rings. The van der Waals surface area contributed by atoms with Crippen LogP contribution in [0.3, 0.4) is 0 Å². The van der Waals surface area contributed by atoms with Gasteiger partial charge in [-0.1, -0.05) is 32.4 Å². The third kappa shape index (κ3) is 8.27. The van der Waals surface area contributed by atoms with Gasteiger partial charge in [-0.3, -0.25) is 24.0 Å². The van der Waals surface area contributed by atoms with Crippen LogP contribution in [0.4, 0.5) is 13.6 Å². The molecule has 0 spiro atoms. The number of rotatable bonds is 10.